The summed E-state index contributed by atoms with van der Waals surface area (Å²) in [4.78, 5) is 23.2. The maximum absolute atomic E-state index is 11.6. The van der Waals surface area contributed by atoms with E-state index in [4.69, 9.17) is 4.74 Å². The molecular weight excluding hydrogens is 270 g/mol. The second kappa shape index (κ2) is 8.26. The largest absolute Gasteiger partial charge is 0.376 e. The van der Waals surface area contributed by atoms with Crippen LogP contribution in [0.3, 0.4) is 0 Å². The van der Waals surface area contributed by atoms with Gasteiger partial charge in [-0.1, -0.05) is 18.2 Å². The maximum atomic E-state index is 11.6. The lowest BCUT2D eigenvalue weighted by atomic mass is 10.2. The molecule has 0 bridgehead atoms. The molecular formula is C15H21N3O3. The summed E-state index contributed by atoms with van der Waals surface area (Å²) in [7, 11) is 0. The number of carbonyl (C=O) groups excluding carboxylic acids is 2. The van der Waals surface area contributed by atoms with Crippen molar-refractivity contribution in [2.45, 2.75) is 25.4 Å². The molecule has 21 heavy (non-hydrogen) atoms. The Labute approximate surface area is 124 Å². The van der Waals surface area contributed by atoms with Crippen molar-refractivity contribution >= 4 is 17.6 Å². The highest BCUT2D eigenvalue weighted by Crippen LogP contribution is 2.10. The zero-order valence-electron chi connectivity index (χ0n) is 11.9. The second-order valence-electron chi connectivity index (χ2n) is 4.94. The van der Waals surface area contributed by atoms with Gasteiger partial charge >= 0.3 is 6.03 Å². The van der Waals surface area contributed by atoms with Gasteiger partial charge in [-0.3, -0.25) is 4.79 Å². The Morgan fingerprint density at radius 3 is 2.71 bits per heavy atom. The molecule has 2 rings (SSSR count). The summed E-state index contributed by atoms with van der Waals surface area (Å²) in [5.41, 5.74) is 0.720. The Balaban J connectivity index is 1.55. The van der Waals surface area contributed by atoms with E-state index < -0.39 is 0 Å². The monoisotopic (exact) mass is 291 g/mol. The first-order valence-electron chi connectivity index (χ1n) is 7.22. The van der Waals surface area contributed by atoms with Crippen LogP contribution in [-0.2, 0) is 9.53 Å². The zero-order chi connectivity index (χ0) is 14.9. The van der Waals surface area contributed by atoms with Gasteiger partial charge in [-0.15, -0.1) is 0 Å². The average molecular weight is 291 g/mol. The van der Waals surface area contributed by atoms with Crippen LogP contribution in [0.4, 0.5) is 10.5 Å². The van der Waals surface area contributed by atoms with Crippen LogP contribution in [0.25, 0.3) is 0 Å². The minimum atomic E-state index is -0.312. The highest BCUT2D eigenvalue weighted by atomic mass is 16.5. The van der Waals surface area contributed by atoms with Crippen molar-refractivity contribution in [3.63, 3.8) is 0 Å². The van der Waals surface area contributed by atoms with Gasteiger partial charge in [-0.05, 0) is 25.0 Å². The highest BCUT2D eigenvalue weighted by molar-refractivity contribution is 5.89. The third kappa shape index (κ3) is 5.83. The number of para-hydroxylation sites is 1. The quantitative estimate of drug-likeness (QED) is 0.743. The van der Waals surface area contributed by atoms with E-state index in [1.54, 1.807) is 12.1 Å². The van der Waals surface area contributed by atoms with E-state index in [-0.39, 0.29) is 24.5 Å². The predicted octanol–water partition coefficient (Wildman–Crippen LogP) is 1.49. The number of amides is 3. The Hall–Kier alpha value is -2.08. The number of benzene rings is 1. The third-order valence-corrected chi connectivity index (χ3v) is 3.22. The number of urea groups is 1. The van der Waals surface area contributed by atoms with Gasteiger partial charge in [0.2, 0.25) is 5.91 Å². The molecule has 1 aliphatic rings. The van der Waals surface area contributed by atoms with E-state index >= 15 is 0 Å². The van der Waals surface area contributed by atoms with Crippen LogP contribution in [0.1, 0.15) is 19.3 Å². The minimum Gasteiger partial charge on any atom is -0.376 e. The Kier molecular flexibility index (Phi) is 6.02. The first-order valence-corrected chi connectivity index (χ1v) is 7.22. The van der Waals surface area contributed by atoms with E-state index in [1.807, 2.05) is 18.2 Å². The summed E-state index contributed by atoms with van der Waals surface area (Å²) in [5, 5.41) is 8.15. The van der Waals surface area contributed by atoms with Crippen LogP contribution in [0, 0.1) is 0 Å². The number of nitrogens with one attached hydrogen (secondary N) is 3. The van der Waals surface area contributed by atoms with Crippen LogP contribution in [-0.4, -0.2) is 37.7 Å². The van der Waals surface area contributed by atoms with Gasteiger partial charge in [0.1, 0.15) is 0 Å². The predicted molar refractivity (Wildman–Crippen MR) is 80.1 cm³/mol. The molecule has 1 aromatic carbocycles. The van der Waals surface area contributed by atoms with Gasteiger partial charge in [0.25, 0.3) is 0 Å². The van der Waals surface area contributed by atoms with Gasteiger partial charge in [-0.25, -0.2) is 4.79 Å². The number of rotatable bonds is 6. The molecule has 1 aliphatic heterocycles. The van der Waals surface area contributed by atoms with Crippen LogP contribution in [0.5, 0.6) is 0 Å². The van der Waals surface area contributed by atoms with Crippen molar-refractivity contribution in [2.75, 3.05) is 25.0 Å². The van der Waals surface area contributed by atoms with Gasteiger partial charge in [0, 0.05) is 31.8 Å². The number of anilines is 1. The molecule has 0 unspecified atom stereocenters. The lowest BCUT2D eigenvalue weighted by molar-refractivity contribution is -0.121. The molecule has 0 spiro atoms. The molecule has 0 radical (unpaired) electrons. The number of ether oxygens (including phenoxy) is 1. The first kappa shape index (κ1) is 15.3. The molecule has 1 aromatic rings. The lowest BCUT2D eigenvalue weighted by Gasteiger charge is -2.11. The molecule has 3 N–H and O–H groups in total. The van der Waals surface area contributed by atoms with Crippen LogP contribution >= 0.6 is 0 Å². The average Bonchev–Trinajstić information content (AvgIpc) is 2.99. The molecule has 0 aliphatic carbocycles. The Bertz CT molecular complexity index is 458. The molecule has 1 saturated heterocycles. The van der Waals surface area contributed by atoms with E-state index in [0.717, 1.165) is 25.1 Å². The number of hydrogen-bond acceptors (Lipinski definition) is 3. The molecule has 0 aromatic heterocycles. The van der Waals surface area contributed by atoms with Crippen molar-refractivity contribution in [2.24, 2.45) is 0 Å². The van der Waals surface area contributed by atoms with E-state index in [2.05, 4.69) is 16.0 Å². The van der Waals surface area contributed by atoms with Crippen molar-refractivity contribution in [1.29, 1.82) is 0 Å². The van der Waals surface area contributed by atoms with Crippen molar-refractivity contribution in [3.8, 4) is 0 Å². The summed E-state index contributed by atoms with van der Waals surface area (Å²) in [6, 6.07) is 8.85. The summed E-state index contributed by atoms with van der Waals surface area (Å²) < 4.78 is 5.42. The van der Waals surface area contributed by atoms with Crippen molar-refractivity contribution in [1.82, 2.24) is 10.6 Å². The zero-order valence-corrected chi connectivity index (χ0v) is 11.9. The topological polar surface area (TPSA) is 79.5 Å². The minimum absolute atomic E-state index is 0.0782. The summed E-state index contributed by atoms with van der Waals surface area (Å²) in [5.74, 6) is -0.0782. The Morgan fingerprint density at radius 1 is 1.19 bits per heavy atom. The van der Waals surface area contributed by atoms with Gasteiger partial charge in [0.15, 0.2) is 0 Å². The van der Waals surface area contributed by atoms with E-state index in [9.17, 15) is 9.59 Å². The molecule has 0 saturated carbocycles. The lowest BCUT2D eigenvalue weighted by Crippen LogP contribution is -2.36. The highest BCUT2D eigenvalue weighted by Gasteiger charge is 2.15. The van der Waals surface area contributed by atoms with Crippen LogP contribution in [0.2, 0.25) is 0 Å². The van der Waals surface area contributed by atoms with Crippen molar-refractivity contribution in [3.05, 3.63) is 30.3 Å². The fraction of sp³-hybridized carbons (Fsp3) is 0.467. The summed E-state index contributed by atoms with van der Waals surface area (Å²) in [6.07, 6.45) is 2.46. The number of hydrogen-bond donors (Lipinski definition) is 3. The van der Waals surface area contributed by atoms with Crippen LogP contribution < -0.4 is 16.0 Å². The Morgan fingerprint density at radius 2 is 2.00 bits per heavy atom. The smallest absolute Gasteiger partial charge is 0.319 e. The molecule has 114 valence electrons. The summed E-state index contributed by atoms with van der Waals surface area (Å²) in [6.45, 7) is 1.63. The van der Waals surface area contributed by atoms with E-state index in [1.165, 1.54) is 0 Å². The maximum Gasteiger partial charge on any atom is 0.319 e. The first-order chi connectivity index (χ1) is 10.2. The normalized spacial score (nSPS) is 17.2. The van der Waals surface area contributed by atoms with Crippen LogP contribution in [0.15, 0.2) is 30.3 Å². The second-order valence-corrected chi connectivity index (χ2v) is 4.94. The fourth-order valence-corrected chi connectivity index (χ4v) is 2.11. The van der Waals surface area contributed by atoms with E-state index in [0.29, 0.717) is 13.1 Å². The summed E-state index contributed by atoms with van der Waals surface area (Å²) >= 11 is 0. The van der Waals surface area contributed by atoms with Gasteiger partial charge < -0.3 is 20.7 Å². The molecule has 1 atom stereocenters. The standard InChI is InChI=1S/C15H21N3O3/c19-14(17-11-13-7-4-10-21-13)8-9-16-15(20)18-12-5-2-1-3-6-12/h1-3,5-6,13H,4,7-11H2,(H,17,19)(H2,16,18,20)/t13-/m1/s1. The van der Waals surface area contributed by atoms with Crippen molar-refractivity contribution < 1.29 is 14.3 Å². The molecule has 6 heteroatoms. The molecule has 1 heterocycles. The molecule has 3 amide bonds. The molecule has 6 nitrogen and oxygen atoms in total. The third-order valence-electron chi connectivity index (χ3n) is 3.22. The molecule has 1 fully saturated rings. The van der Waals surface area contributed by atoms with Gasteiger partial charge in [-0.2, -0.15) is 0 Å². The van der Waals surface area contributed by atoms with Gasteiger partial charge in [0.05, 0.1) is 6.10 Å². The number of carbonyl (C=O) groups is 2. The SMILES string of the molecule is O=C(CCNC(=O)Nc1ccccc1)NC[C@H]1CCCO1. The fourth-order valence-electron chi connectivity index (χ4n) is 2.11.